The van der Waals surface area contributed by atoms with Crippen LogP contribution in [0, 0.1) is 0 Å². The van der Waals surface area contributed by atoms with Crippen molar-refractivity contribution in [2.75, 3.05) is 7.11 Å². The molecule has 4 aromatic rings. The molecule has 0 heterocycles. The minimum absolute atomic E-state index is 0.262. The molecule has 0 aromatic heterocycles. The molecule has 0 bridgehead atoms. The van der Waals surface area contributed by atoms with Gasteiger partial charge in [0.15, 0.2) is 0 Å². The second-order valence-electron chi connectivity index (χ2n) is 7.78. The quantitative estimate of drug-likeness (QED) is 0.265. The Morgan fingerprint density at radius 1 is 0.657 bits per heavy atom. The fraction of sp³-hybridized carbons (Fsp3) is 0.188. The lowest BCUT2D eigenvalue weighted by Crippen LogP contribution is -1.97. The average Bonchev–Trinajstić information content (AvgIpc) is 2.93. The smallest absolute Gasteiger partial charge is 0.119 e. The Labute approximate surface area is 209 Å². The van der Waals surface area contributed by atoms with Gasteiger partial charge in [-0.25, -0.2) is 0 Å². The van der Waals surface area contributed by atoms with Crippen LogP contribution in [0.1, 0.15) is 49.4 Å². The highest BCUT2D eigenvalue weighted by Gasteiger charge is 2.13. The van der Waals surface area contributed by atoms with Crippen LogP contribution in [0.15, 0.2) is 103 Å². The fourth-order valence-electron chi connectivity index (χ4n) is 3.91. The number of allylic oxidation sites excluding steroid dienone is 1. The largest absolute Gasteiger partial charge is 0.508 e. The van der Waals surface area contributed by atoms with Crippen molar-refractivity contribution in [3.8, 4) is 17.2 Å². The van der Waals surface area contributed by atoms with Gasteiger partial charge in [-0.2, -0.15) is 0 Å². The molecule has 0 amide bonds. The Balaban J connectivity index is 0.00000167. The zero-order valence-corrected chi connectivity index (χ0v) is 21.0. The van der Waals surface area contributed by atoms with Crippen molar-refractivity contribution in [1.82, 2.24) is 0 Å². The first-order valence-electron chi connectivity index (χ1n) is 12.1. The summed E-state index contributed by atoms with van der Waals surface area (Å²) in [5, 5.41) is 9.80. The van der Waals surface area contributed by atoms with E-state index in [1.54, 1.807) is 19.2 Å². The van der Waals surface area contributed by atoms with Crippen LogP contribution in [0.2, 0.25) is 0 Å². The first-order valence-corrected chi connectivity index (χ1v) is 12.1. The Morgan fingerprint density at radius 2 is 1.20 bits per heavy atom. The summed E-state index contributed by atoms with van der Waals surface area (Å²) in [6.45, 7) is 6.67. The van der Waals surface area contributed by atoms with E-state index in [0.717, 1.165) is 40.2 Å². The van der Waals surface area contributed by atoms with Gasteiger partial charge >= 0.3 is 0 Å². The van der Waals surface area contributed by atoms with Crippen LogP contribution < -0.4 is 9.47 Å². The SMILES string of the molecule is CC.CC/C(=C(/c1ccc(O)cc1)c1ccc(OCc2ccc(OC)cc2)cc1)c1ccccc1. The maximum absolute atomic E-state index is 9.80. The van der Waals surface area contributed by atoms with E-state index in [9.17, 15) is 5.11 Å². The lowest BCUT2D eigenvalue weighted by Gasteiger charge is -2.17. The highest BCUT2D eigenvalue weighted by molar-refractivity contribution is 5.98. The van der Waals surface area contributed by atoms with Gasteiger partial charge in [0.25, 0.3) is 0 Å². The van der Waals surface area contributed by atoms with Crippen molar-refractivity contribution >= 4 is 11.1 Å². The van der Waals surface area contributed by atoms with Crippen LogP contribution in [0.5, 0.6) is 17.2 Å². The Kier molecular flexibility index (Phi) is 9.56. The molecule has 1 N–H and O–H groups in total. The van der Waals surface area contributed by atoms with E-state index in [1.807, 2.05) is 68.4 Å². The number of rotatable bonds is 8. The summed E-state index contributed by atoms with van der Waals surface area (Å²) in [5.74, 6) is 1.91. The van der Waals surface area contributed by atoms with Gasteiger partial charge in [-0.1, -0.05) is 87.5 Å². The summed E-state index contributed by atoms with van der Waals surface area (Å²) < 4.78 is 11.2. The molecule has 0 spiro atoms. The number of aromatic hydroxyl groups is 1. The van der Waals surface area contributed by atoms with Gasteiger partial charge in [0, 0.05) is 0 Å². The van der Waals surface area contributed by atoms with E-state index in [4.69, 9.17) is 9.47 Å². The molecule has 0 aliphatic heterocycles. The highest BCUT2D eigenvalue weighted by Crippen LogP contribution is 2.35. The predicted molar refractivity (Wildman–Crippen MR) is 146 cm³/mol. The van der Waals surface area contributed by atoms with Crippen molar-refractivity contribution in [3.63, 3.8) is 0 Å². The highest BCUT2D eigenvalue weighted by atomic mass is 16.5. The lowest BCUT2D eigenvalue weighted by molar-refractivity contribution is 0.306. The Bertz CT molecular complexity index is 1190. The summed E-state index contributed by atoms with van der Waals surface area (Å²) in [6.07, 6.45) is 0.885. The number of hydrogen-bond donors (Lipinski definition) is 1. The molecule has 0 aliphatic carbocycles. The number of ether oxygens (including phenoxy) is 2. The molecule has 0 aliphatic rings. The standard InChI is InChI=1S/C30H28O3.C2H6/c1-3-29(23-7-5-4-6-8-23)30(24-11-15-26(31)16-12-24)25-13-19-28(20-14-25)33-21-22-9-17-27(32-2)18-10-22;1-2/h4-20,31H,3,21H2,1-2H3;1-2H3/b30-29+;. The summed E-state index contributed by atoms with van der Waals surface area (Å²) in [5.41, 5.74) is 6.88. The van der Waals surface area contributed by atoms with Crippen LogP contribution in [0.4, 0.5) is 0 Å². The van der Waals surface area contributed by atoms with Gasteiger partial charge in [-0.15, -0.1) is 0 Å². The molecular weight excluding hydrogens is 432 g/mol. The second kappa shape index (κ2) is 13.0. The van der Waals surface area contributed by atoms with Crippen LogP contribution in [-0.2, 0) is 6.61 Å². The van der Waals surface area contributed by atoms with E-state index in [1.165, 1.54) is 11.1 Å². The number of phenolic OH excluding ortho intramolecular Hbond substituents is 1. The molecule has 3 heteroatoms. The van der Waals surface area contributed by atoms with Crippen LogP contribution in [-0.4, -0.2) is 12.2 Å². The van der Waals surface area contributed by atoms with Crippen LogP contribution >= 0.6 is 0 Å². The number of benzene rings is 4. The minimum atomic E-state index is 0.262. The molecule has 0 unspecified atom stereocenters. The van der Waals surface area contributed by atoms with Gasteiger partial charge in [0.2, 0.25) is 0 Å². The van der Waals surface area contributed by atoms with E-state index >= 15 is 0 Å². The number of methoxy groups -OCH3 is 1. The molecule has 0 atom stereocenters. The Hall–Kier alpha value is -3.98. The molecule has 0 saturated carbocycles. The van der Waals surface area contributed by atoms with Crippen molar-refractivity contribution in [3.05, 3.63) is 125 Å². The zero-order chi connectivity index (χ0) is 25.0. The van der Waals surface area contributed by atoms with Crippen molar-refractivity contribution in [2.45, 2.75) is 33.8 Å². The average molecular weight is 467 g/mol. The third kappa shape index (κ3) is 6.77. The van der Waals surface area contributed by atoms with Crippen molar-refractivity contribution < 1.29 is 14.6 Å². The van der Waals surface area contributed by atoms with Gasteiger partial charge < -0.3 is 14.6 Å². The zero-order valence-electron chi connectivity index (χ0n) is 21.0. The molecule has 0 fully saturated rings. The maximum atomic E-state index is 9.80. The molecule has 4 rings (SSSR count). The van der Waals surface area contributed by atoms with Crippen LogP contribution in [0.25, 0.3) is 11.1 Å². The summed E-state index contributed by atoms with van der Waals surface area (Å²) >= 11 is 0. The van der Waals surface area contributed by atoms with E-state index in [2.05, 4.69) is 43.3 Å². The molecule has 3 nitrogen and oxygen atoms in total. The summed E-state index contributed by atoms with van der Waals surface area (Å²) in [4.78, 5) is 0. The maximum Gasteiger partial charge on any atom is 0.119 e. The summed E-state index contributed by atoms with van der Waals surface area (Å²) in [7, 11) is 1.66. The monoisotopic (exact) mass is 466 g/mol. The fourth-order valence-corrected chi connectivity index (χ4v) is 3.91. The van der Waals surface area contributed by atoms with Gasteiger partial charge in [0.05, 0.1) is 7.11 Å². The number of phenols is 1. The van der Waals surface area contributed by atoms with E-state index in [0.29, 0.717) is 6.61 Å². The molecule has 0 saturated heterocycles. The molecular formula is C32H34O3. The van der Waals surface area contributed by atoms with Gasteiger partial charge in [-0.05, 0) is 76.2 Å². The molecule has 35 heavy (non-hydrogen) atoms. The van der Waals surface area contributed by atoms with Crippen molar-refractivity contribution in [2.24, 2.45) is 0 Å². The normalized spacial score (nSPS) is 11.1. The molecule has 180 valence electrons. The van der Waals surface area contributed by atoms with Crippen molar-refractivity contribution in [1.29, 1.82) is 0 Å². The first-order chi connectivity index (χ1) is 17.2. The minimum Gasteiger partial charge on any atom is -0.508 e. The second-order valence-corrected chi connectivity index (χ2v) is 7.78. The topological polar surface area (TPSA) is 38.7 Å². The van der Waals surface area contributed by atoms with E-state index < -0.39 is 0 Å². The van der Waals surface area contributed by atoms with Gasteiger partial charge in [-0.3, -0.25) is 0 Å². The predicted octanol–water partition coefficient (Wildman–Crippen LogP) is 8.38. The third-order valence-corrected chi connectivity index (χ3v) is 5.64. The number of hydrogen-bond acceptors (Lipinski definition) is 3. The van der Waals surface area contributed by atoms with Gasteiger partial charge in [0.1, 0.15) is 23.9 Å². The molecule has 4 aromatic carbocycles. The third-order valence-electron chi connectivity index (χ3n) is 5.64. The summed E-state index contributed by atoms with van der Waals surface area (Å²) in [6, 6.07) is 34.0. The first kappa shape index (κ1) is 25.6. The molecule has 0 radical (unpaired) electrons. The van der Waals surface area contributed by atoms with E-state index in [-0.39, 0.29) is 5.75 Å². The Morgan fingerprint density at radius 3 is 1.74 bits per heavy atom. The van der Waals surface area contributed by atoms with Crippen LogP contribution in [0.3, 0.4) is 0 Å². The lowest BCUT2D eigenvalue weighted by atomic mass is 9.88.